The van der Waals surface area contributed by atoms with Crippen LogP contribution in [0.3, 0.4) is 0 Å². The zero-order valence-corrected chi connectivity index (χ0v) is 13.0. The second-order valence-electron chi connectivity index (χ2n) is 4.54. The van der Waals surface area contributed by atoms with Crippen molar-refractivity contribution in [3.8, 4) is 0 Å². The molecule has 0 bridgehead atoms. The maximum atomic E-state index is 6.05. The van der Waals surface area contributed by atoms with Crippen LogP contribution in [0.4, 0.5) is 5.82 Å². The lowest BCUT2D eigenvalue weighted by atomic mass is 10.3. The monoisotopic (exact) mass is 322 g/mol. The lowest BCUT2D eigenvalue weighted by Gasteiger charge is -2.27. The quantitative estimate of drug-likeness (QED) is 0.637. The third-order valence-electron chi connectivity index (χ3n) is 3.08. The SMILES string of the molecule is Clc1nc(CSc2ccccn2)cc(N2CCOCC2)n1. The average Bonchev–Trinajstić information content (AvgIpc) is 2.54. The first-order chi connectivity index (χ1) is 10.3. The van der Waals surface area contributed by atoms with E-state index in [1.807, 2.05) is 24.3 Å². The van der Waals surface area contributed by atoms with Crippen molar-refractivity contribution >= 4 is 29.2 Å². The molecule has 0 aromatic carbocycles. The summed E-state index contributed by atoms with van der Waals surface area (Å²) in [5.74, 6) is 1.59. The van der Waals surface area contributed by atoms with Crippen molar-refractivity contribution in [2.24, 2.45) is 0 Å². The number of hydrogen-bond acceptors (Lipinski definition) is 6. The van der Waals surface area contributed by atoms with Gasteiger partial charge >= 0.3 is 0 Å². The van der Waals surface area contributed by atoms with Crippen molar-refractivity contribution in [2.45, 2.75) is 10.8 Å². The first-order valence-electron chi connectivity index (χ1n) is 6.71. The molecule has 1 fully saturated rings. The molecule has 0 saturated carbocycles. The molecule has 0 spiro atoms. The van der Waals surface area contributed by atoms with Gasteiger partial charge < -0.3 is 9.64 Å². The fourth-order valence-corrected chi connectivity index (χ4v) is 3.01. The summed E-state index contributed by atoms with van der Waals surface area (Å²) in [6.07, 6.45) is 1.79. The van der Waals surface area contributed by atoms with Gasteiger partial charge in [-0.3, -0.25) is 0 Å². The number of rotatable bonds is 4. The van der Waals surface area contributed by atoms with Gasteiger partial charge in [-0.05, 0) is 23.7 Å². The Hall–Kier alpha value is -1.37. The van der Waals surface area contributed by atoms with Gasteiger partial charge in [0, 0.05) is 31.1 Å². The molecule has 1 aliphatic heterocycles. The Bertz CT molecular complexity index is 593. The first kappa shape index (κ1) is 14.6. The highest BCUT2D eigenvalue weighted by Gasteiger charge is 2.14. The molecule has 0 amide bonds. The Morgan fingerprint density at radius 2 is 2.10 bits per heavy atom. The van der Waals surface area contributed by atoms with Crippen LogP contribution in [0, 0.1) is 0 Å². The lowest BCUT2D eigenvalue weighted by Crippen LogP contribution is -2.36. The van der Waals surface area contributed by atoms with Crippen LogP contribution < -0.4 is 4.90 Å². The summed E-state index contributed by atoms with van der Waals surface area (Å²) in [7, 11) is 0. The van der Waals surface area contributed by atoms with Crippen molar-refractivity contribution in [1.82, 2.24) is 15.0 Å². The van der Waals surface area contributed by atoms with Gasteiger partial charge in [0.1, 0.15) is 5.82 Å². The minimum absolute atomic E-state index is 0.288. The number of morpholine rings is 1. The summed E-state index contributed by atoms with van der Waals surface area (Å²) in [5, 5.41) is 1.26. The summed E-state index contributed by atoms with van der Waals surface area (Å²) in [6.45, 7) is 3.11. The minimum Gasteiger partial charge on any atom is -0.378 e. The van der Waals surface area contributed by atoms with E-state index in [1.165, 1.54) is 0 Å². The van der Waals surface area contributed by atoms with Crippen LogP contribution in [-0.2, 0) is 10.5 Å². The van der Waals surface area contributed by atoms with Gasteiger partial charge in [-0.2, -0.15) is 0 Å². The van der Waals surface area contributed by atoms with Gasteiger partial charge in [-0.25, -0.2) is 15.0 Å². The predicted octanol–water partition coefficient (Wildman–Crippen LogP) is 2.65. The normalized spacial score (nSPS) is 15.2. The van der Waals surface area contributed by atoms with Crippen LogP contribution in [0.1, 0.15) is 5.69 Å². The summed E-state index contributed by atoms with van der Waals surface area (Å²) in [4.78, 5) is 15.1. The summed E-state index contributed by atoms with van der Waals surface area (Å²) in [6, 6.07) is 7.85. The van der Waals surface area contributed by atoms with Crippen molar-refractivity contribution in [1.29, 1.82) is 0 Å². The lowest BCUT2D eigenvalue weighted by molar-refractivity contribution is 0.122. The molecule has 1 saturated heterocycles. The van der Waals surface area contributed by atoms with Crippen LogP contribution in [0.2, 0.25) is 5.28 Å². The highest BCUT2D eigenvalue weighted by Crippen LogP contribution is 2.23. The van der Waals surface area contributed by atoms with Crippen LogP contribution in [0.15, 0.2) is 35.5 Å². The second kappa shape index (κ2) is 7.06. The van der Waals surface area contributed by atoms with E-state index in [0.29, 0.717) is 0 Å². The Labute approximate surface area is 132 Å². The molecule has 110 valence electrons. The van der Waals surface area contributed by atoms with E-state index in [0.717, 1.165) is 48.6 Å². The summed E-state index contributed by atoms with van der Waals surface area (Å²) >= 11 is 7.68. The molecule has 21 heavy (non-hydrogen) atoms. The van der Waals surface area contributed by atoms with Gasteiger partial charge in [-0.1, -0.05) is 6.07 Å². The van der Waals surface area contributed by atoms with Crippen molar-refractivity contribution < 1.29 is 4.74 Å². The number of thioether (sulfide) groups is 1. The van der Waals surface area contributed by atoms with E-state index in [4.69, 9.17) is 16.3 Å². The maximum Gasteiger partial charge on any atom is 0.224 e. The first-order valence-corrected chi connectivity index (χ1v) is 8.07. The zero-order chi connectivity index (χ0) is 14.5. The number of aromatic nitrogens is 3. The van der Waals surface area contributed by atoms with Gasteiger partial charge in [0.05, 0.1) is 23.9 Å². The van der Waals surface area contributed by atoms with Crippen molar-refractivity contribution in [2.75, 3.05) is 31.2 Å². The molecule has 2 aromatic heterocycles. The molecule has 0 aliphatic carbocycles. The number of halogens is 1. The van der Waals surface area contributed by atoms with Crippen LogP contribution >= 0.6 is 23.4 Å². The maximum absolute atomic E-state index is 6.05. The standard InChI is InChI=1S/C14H15ClN4OS/c15-14-17-11(10-21-13-3-1-2-4-16-13)9-12(18-14)19-5-7-20-8-6-19/h1-4,9H,5-8,10H2. The van der Waals surface area contributed by atoms with Gasteiger partial charge in [0.25, 0.3) is 0 Å². The molecule has 1 aliphatic rings. The second-order valence-corrected chi connectivity index (χ2v) is 5.88. The molecule has 0 radical (unpaired) electrons. The number of pyridine rings is 1. The smallest absolute Gasteiger partial charge is 0.224 e. The van der Waals surface area contributed by atoms with Crippen molar-refractivity contribution in [3.63, 3.8) is 0 Å². The third kappa shape index (κ3) is 4.06. The molecule has 2 aromatic rings. The molecular formula is C14H15ClN4OS. The van der Waals surface area contributed by atoms with E-state index < -0.39 is 0 Å². The number of nitrogens with zero attached hydrogens (tertiary/aromatic N) is 4. The molecular weight excluding hydrogens is 308 g/mol. The Morgan fingerprint density at radius 1 is 1.24 bits per heavy atom. The molecule has 7 heteroatoms. The average molecular weight is 323 g/mol. The van der Waals surface area contributed by atoms with Crippen molar-refractivity contribution in [3.05, 3.63) is 41.4 Å². The summed E-state index contributed by atoms with van der Waals surface area (Å²) in [5.41, 5.74) is 0.909. The fourth-order valence-electron chi connectivity index (χ4n) is 2.06. The number of ether oxygens (including phenoxy) is 1. The fraction of sp³-hybridized carbons (Fsp3) is 0.357. The van der Waals surface area contributed by atoms with Crippen LogP contribution in [0.5, 0.6) is 0 Å². The predicted molar refractivity (Wildman–Crippen MR) is 83.9 cm³/mol. The van der Waals surface area contributed by atoms with E-state index in [2.05, 4.69) is 19.9 Å². The number of hydrogen-bond donors (Lipinski definition) is 0. The van der Waals surface area contributed by atoms with Gasteiger partial charge in [0.15, 0.2) is 0 Å². The largest absolute Gasteiger partial charge is 0.378 e. The molecule has 0 atom stereocenters. The highest BCUT2D eigenvalue weighted by molar-refractivity contribution is 7.98. The number of anilines is 1. The van der Waals surface area contributed by atoms with Gasteiger partial charge in [0.2, 0.25) is 5.28 Å². The molecule has 3 heterocycles. The topological polar surface area (TPSA) is 51.1 Å². The Balaban J connectivity index is 1.71. The van der Waals surface area contributed by atoms with E-state index in [-0.39, 0.29) is 5.28 Å². The van der Waals surface area contributed by atoms with Gasteiger partial charge in [-0.15, -0.1) is 11.8 Å². The Morgan fingerprint density at radius 3 is 2.86 bits per heavy atom. The van der Waals surface area contributed by atoms with E-state index in [9.17, 15) is 0 Å². The molecule has 3 rings (SSSR count). The zero-order valence-electron chi connectivity index (χ0n) is 11.4. The summed E-state index contributed by atoms with van der Waals surface area (Å²) < 4.78 is 5.36. The van der Waals surface area contributed by atoms with E-state index in [1.54, 1.807) is 18.0 Å². The van der Waals surface area contributed by atoms with E-state index >= 15 is 0 Å². The molecule has 0 N–H and O–H groups in total. The third-order valence-corrected chi connectivity index (χ3v) is 4.23. The molecule has 0 unspecified atom stereocenters. The minimum atomic E-state index is 0.288. The highest BCUT2D eigenvalue weighted by atomic mass is 35.5. The van der Waals surface area contributed by atoms with Crippen LogP contribution in [0.25, 0.3) is 0 Å². The Kier molecular flexibility index (Phi) is 4.90. The molecule has 5 nitrogen and oxygen atoms in total. The van der Waals surface area contributed by atoms with Crippen LogP contribution in [-0.4, -0.2) is 41.3 Å².